The molecule has 0 spiro atoms. The van der Waals surface area contributed by atoms with Crippen LogP contribution in [-0.2, 0) is 4.79 Å². The topological polar surface area (TPSA) is 83.9 Å². The number of para-hydroxylation sites is 1. The Kier molecular flexibility index (Phi) is 5.46. The number of aromatic nitrogens is 4. The third kappa shape index (κ3) is 4.14. The Morgan fingerprint density at radius 1 is 1.06 bits per heavy atom. The highest BCUT2D eigenvalue weighted by Crippen LogP contribution is 2.27. The number of carbonyl (C=O) groups excluding carboxylic acids is 1. The van der Waals surface area contributed by atoms with E-state index in [0.717, 1.165) is 58.7 Å². The van der Waals surface area contributed by atoms with Crippen LogP contribution in [0.25, 0.3) is 22.2 Å². The van der Waals surface area contributed by atoms with E-state index in [2.05, 4.69) is 30.4 Å². The van der Waals surface area contributed by atoms with Crippen LogP contribution >= 0.6 is 0 Å². The summed E-state index contributed by atoms with van der Waals surface area (Å²) in [5.74, 6) is 0.718. The van der Waals surface area contributed by atoms with Gasteiger partial charge in [-0.25, -0.2) is 0 Å². The van der Waals surface area contributed by atoms with Crippen molar-refractivity contribution in [3.8, 4) is 11.3 Å². The Bertz CT molecular complexity index is 1240. The van der Waals surface area contributed by atoms with Gasteiger partial charge in [0.25, 0.3) is 0 Å². The van der Waals surface area contributed by atoms with Crippen molar-refractivity contribution in [2.45, 2.75) is 19.8 Å². The Balaban J connectivity index is 1.31. The lowest BCUT2D eigenvalue weighted by Gasteiger charge is -2.32. The van der Waals surface area contributed by atoms with Crippen molar-refractivity contribution in [3.63, 3.8) is 0 Å². The van der Waals surface area contributed by atoms with Gasteiger partial charge >= 0.3 is 0 Å². The normalized spacial score (nSPS) is 16.2. The van der Waals surface area contributed by atoms with Gasteiger partial charge in [-0.1, -0.05) is 18.2 Å². The van der Waals surface area contributed by atoms with Gasteiger partial charge in [0, 0.05) is 42.1 Å². The summed E-state index contributed by atoms with van der Waals surface area (Å²) in [5.41, 5.74) is 4.38. The second-order valence-corrected chi connectivity index (χ2v) is 8.12. The van der Waals surface area contributed by atoms with Gasteiger partial charge in [0.1, 0.15) is 0 Å². The lowest BCUT2D eigenvalue weighted by Crippen LogP contribution is -2.41. The number of hydrogen-bond donors (Lipinski definition) is 1. The average molecular weight is 425 g/mol. The van der Waals surface area contributed by atoms with Crippen LogP contribution in [-0.4, -0.2) is 39.2 Å². The monoisotopic (exact) mass is 424 g/mol. The summed E-state index contributed by atoms with van der Waals surface area (Å²) in [4.78, 5) is 23.9. The molecule has 1 aliphatic rings. The van der Waals surface area contributed by atoms with E-state index in [9.17, 15) is 4.79 Å². The molecule has 4 heterocycles. The smallest absolute Gasteiger partial charge is 0.229 e. The van der Waals surface area contributed by atoms with Crippen molar-refractivity contribution in [2.75, 3.05) is 23.3 Å². The molecule has 7 heteroatoms. The summed E-state index contributed by atoms with van der Waals surface area (Å²) >= 11 is 0. The number of amides is 1. The van der Waals surface area contributed by atoms with Crippen molar-refractivity contribution >= 4 is 28.3 Å². The summed E-state index contributed by atoms with van der Waals surface area (Å²) < 4.78 is 0. The Hall–Kier alpha value is -3.87. The number of nitrogens with one attached hydrogen (secondary N) is 1. The van der Waals surface area contributed by atoms with Crippen LogP contribution in [0.2, 0.25) is 0 Å². The molecule has 0 saturated carbocycles. The van der Waals surface area contributed by atoms with E-state index in [1.165, 1.54) is 0 Å². The SMILES string of the molecule is Cc1cc(NC(=O)C2CCCN(c3ccc(-c4ccncc4)nn3)C2)c2ccccc2n1. The number of hydrogen-bond acceptors (Lipinski definition) is 6. The van der Waals surface area contributed by atoms with Gasteiger partial charge in [0.2, 0.25) is 5.91 Å². The summed E-state index contributed by atoms with van der Waals surface area (Å²) in [5, 5.41) is 12.9. The second-order valence-electron chi connectivity index (χ2n) is 8.12. The van der Waals surface area contributed by atoms with Crippen LogP contribution in [0.5, 0.6) is 0 Å². The maximum absolute atomic E-state index is 13.1. The van der Waals surface area contributed by atoms with E-state index in [4.69, 9.17) is 0 Å². The summed E-state index contributed by atoms with van der Waals surface area (Å²) in [6, 6.07) is 17.6. The molecule has 160 valence electrons. The molecule has 1 atom stereocenters. The summed E-state index contributed by atoms with van der Waals surface area (Å²) in [6.45, 7) is 3.43. The van der Waals surface area contributed by atoms with Crippen molar-refractivity contribution in [2.24, 2.45) is 5.92 Å². The standard InChI is InChI=1S/C25H24N6O/c1-17-15-23(20-6-2-3-7-22(20)27-17)28-25(32)19-5-4-14-31(16-19)24-9-8-21(29-30-24)18-10-12-26-13-11-18/h2-3,6-13,15,19H,4-5,14,16H2,1H3,(H,27,28,32). The molecule has 32 heavy (non-hydrogen) atoms. The molecular formula is C25H24N6O. The first-order chi connectivity index (χ1) is 15.7. The van der Waals surface area contributed by atoms with Gasteiger partial charge in [-0.15, -0.1) is 10.2 Å². The fourth-order valence-corrected chi connectivity index (χ4v) is 4.22. The fourth-order valence-electron chi connectivity index (χ4n) is 4.22. The van der Waals surface area contributed by atoms with E-state index < -0.39 is 0 Å². The first-order valence-corrected chi connectivity index (χ1v) is 10.8. The van der Waals surface area contributed by atoms with E-state index in [-0.39, 0.29) is 11.8 Å². The highest BCUT2D eigenvalue weighted by molar-refractivity contribution is 6.02. The van der Waals surface area contributed by atoms with Crippen molar-refractivity contribution in [1.82, 2.24) is 20.2 Å². The largest absolute Gasteiger partial charge is 0.354 e. The predicted molar refractivity (Wildman–Crippen MR) is 125 cm³/mol. The molecule has 1 aromatic carbocycles. The third-order valence-corrected chi connectivity index (χ3v) is 5.84. The zero-order valence-corrected chi connectivity index (χ0v) is 17.9. The molecule has 1 N–H and O–H groups in total. The summed E-state index contributed by atoms with van der Waals surface area (Å²) in [7, 11) is 0. The second kappa shape index (κ2) is 8.70. The molecule has 0 aliphatic carbocycles. The van der Waals surface area contributed by atoms with Crippen molar-refractivity contribution < 1.29 is 4.79 Å². The Morgan fingerprint density at radius 3 is 2.72 bits per heavy atom. The zero-order valence-electron chi connectivity index (χ0n) is 17.9. The maximum atomic E-state index is 13.1. The van der Waals surface area contributed by atoms with E-state index in [0.29, 0.717) is 6.54 Å². The molecule has 0 radical (unpaired) electrons. The van der Waals surface area contributed by atoms with Crippen molar-refractivity contribution in [3.05, 3.63) is 72.7 Å². The predicted octanol–water partition coefficient (Wildman–Crippen LogP) is 4.25. The van der Waals surface area contributed by atoms with Crippen LogP contribution in [0, 0.1) is 12.8 Å². The quantitative estimate of drug-likeness (QED) is 0.527. The Morgan fingerprint density at radius 2 is 1.91 bits per heavy atom. The number of benzene rings is 1. The highest BCUT2D eigenvalue weighted by Gasteiger charge is 2.27. The number of carbonyl (C=O) groups is 1. The molecule has 1 saturated heterocycles. The van der Waals surface area contributed by atoms with Crippen LogP contribution < -0.4 is 10.2 Å². The minimum atomic E-state index is -0.113. The van der Waals surface area contributed by atoms with Crippen molar-refractivity contribution in [1.29, 1.82) is 0 Å². The van der Waals surface area contributed by atoms with Crippen LogP contribution in [0.1, 0.15) is 18.5 Å². The number of rotatable bonds is 4. The van der Waals surface area contributed by atoms with Gasteiger partial charge in [-0.2, -0.15) is 0 Å². The highest BCUT2D eigenvalue weighted by atomic mass is 16.1. The average Bonchev–Trinajstić information content (AvgIpc) is 2.84. The third-order valence-electron chi connectivity index (χ3n) is 5.84. The van der Waals surface area contributed by atoms with Crippen LogP contribution in [0.15, 0.2) is 67.0 Å². The molecule has 1 fully saturated rings. The van der Waals surface area contributed by atoms with Crippen LogP contribution in [0.3, 0.4) is 0 Å². The number of anilines is 2. The number of nitrogens with zero attached hydrogens (tertiary/aromatic N) is 5. The molecule has 1 unspecified atom stereocenters. The van der Waals surface area contributed by atoms with Gasteiger partial charge in [-0.05, 0) is 56.2 Å². The number of fused-ring (bicyclic) bond motifs is 1. The van der Waals surface area contributed by atoms with E-state index in [1.807, 2.05) is 61.5 Å². The summed E-state index contributed by atoms with van der Waals surface area (Å²) in [6.07, 6.45) is 5.27. The zero-order chi connectivity index (χ0) is 21.9. The lowest BCUT2D eigenvalue weighted by atomic mass is 9.97. The van der Waals surface area contributed by atoms with E-state index >= 15 is 0 Å². The molecule has 0 bridgehead atoms. The first kappa shape index (κ1) is 20.1. The molecule has 1 aliphatic heterocycles. The molecule has 3 aromatic heterocycles. The van der Waals surface area contributed by atoms with E-state index in [1.54, 1.807) is 12.4 Å². The molecule has 4 aromatic rings. The molecular weight excluding hydrogens is 400 g/mol. The lowest BCUT2D eigenvalue weighted by molar-refractivity contribution is -0.120. The van der Waals surface area contributed by atoms with Gasteiger partial charge in [-0.3, -0.25) is 14.8 Å². The molecule has 5 rings (SSSR count). The maximum Gasteiger partial charge on any atom is 0.229 e. The van der Waals surface area contributed by atoms with Gasteiger partial charge in [0.15, 0.2) is 5.82 Å². The first-order valence-electron chi connectivity index (χ1n) is 10.8. The number of piperidine rings is 1. The molecule has 1 amide bonds. The number of aryl methyl sites for hydroxylation is 1. The minimum absolute atomic E-state index is 0.0341. The van der Waals surface area contributed by atoms with Gasteiger partial charge < -0.3 is 10.2 Å². The Labute approximate surface area is 186 Å². The minimum Gasteiger partial charge on any atom is -0.354 e. The van der Waals surface area contributed by atoms with Gasteiger partial charge in [0.05, 0.1) is 22.8 Å². The fraction of sp³-hybridized carbons (Fsp3) is 0.240. The number of pyridine rings is 2. The molecule has 7 nitrogen and oxygen atoms in total. The van der Waals surface area contributed by atoms with Crippen LogP contribution in [0.4, 0.5) is 11.5 Å².